The topological polar surface area (TPSA) is 35.0 Å². The van der Waals surface area contributed by atoms with E-state index in [1.165, 1.54) is 101 Å². The molecule has 0 saturated heterocycles. The molecule has 33 heavy (non-hydrogen) atoms. The number of hydrogen-bond donors (Lipinski definition) is 0. The normalized spacial score (nSPS) is 18.4. The molecule has 0 bridgehead atoms. The molecule has 0 N–H and O–H groups in total. The van der Waals surface area contributed by atoms with E-state index in [4.69, 9.17) is 14.7 Å². The van der Waals surface area contributed by atoms with Crippen molar-refractivity contribution < 1.29 is 4.74 Å². The first-order valence-electron chi connectivity index (χ1n) is 13.8. The number of benzene rings is 1. The first-order chi connectivity index (χ1) is 16.3. The van der Waals surface area contributed by atoms with E-state index in [1.54, 1.807) is 0 Å². The number of ether oxygens (including phenoxy) is 1. The summed E-state index contributed by atoms with van der Waals surface area (Å²) in [5, 5.41) is 0. The van der Waals surface area contributed by atoms with Crippen LogP contribution in [0.3, 0.4) is 0 Å². The minimum atomic E-state index is 0.520. The van der Waals surface area contributed by atoms with E-state index >= 15 is 0 Å². The molecule has 0 atom stereocenters. The van der Waals surface area contributed by atoms with Crippen molar-refractivity contribution in [2.75, 3.05) is 6.61 Å². The van der Waals surface area contributed by atoms with E-state index in [2.05, 4.69) is 50.5 Å². The minimum Gasteiger partial charge on any atom is -0.493 e. The highest BCUT2D eigenvalue weighted by atomic mass is 16.5. The Labute approximate surface area is 202 Å². The Bertz CT molecular complexity index is 748. The lowest BCUT2D eigenvalue weighted by Crippen LogP contribution is -2.20. The van der Waals surface area contributed by atoms with Crippen LogP contribution in [0.25, 0.3) is 0 Å². The maximum absolute atomic E-state index is 6.14. The molecular formula is C30H46N2O. The highest BCUT2D eigenvalue weighted by molar-refractivity contribution is 5.27. The minimum absolute atomic E-state index is 0.520. The van der Waals surface area contributed by atoms with Gasteiger partial charge in [0.1, 0.15) is 11.6 Å². The summed E-state index contributed by atoms with van der Waals surface area (Å²) in [6.07, 6.45) is 23.1. The van der Waals surface area contributed by atoms with E-state index < -0.39 is 0 Å². The Hall–Kier alpha value is -1.90. The lowest BCUT2D eigenvalue weighted by Gasteiger charge is -2.27. The number of aromatic nitrogens is 2. The largest absolute Gasteiger partial charge is 0.493 e. The molecule has 1 aromatic heterocycles. The van der Waals surface area contributed by atoms with Gasteiger partial charge in [-0.25, -0.2) is 9.97 Å². The fourth-order valence-electron chi connectivity index (χ4n) is 4.95. The van der Waals surface area contributed by atoms with Crippen LogP contribution in [-0.4, -0.2) is 16.6 Å². The van der Waals surface area contributed by atoms with Crippen molar-refractivity contribution in [2.24, 2.45) is 5.92 Å². The Morgan fingerprint density at radius 3 is 1.91 bits per heavy atom. The van der Waals surface area contributed by atoms with Crippen LogP contribution in [0.15, 0.2) is 36.7 Å². The standard InChI is InChI=1S/C30H46N2O/c1-3-5-7-9-11-12-25-16-20-29(21-17-25)33-24-26-14-18-28(19-15-26)30-31-22-27(23-32-30)13-10-8-6-4-2/h16-17,20-23,26,28H,3-15,18-19,24H2,1-2H3/t26-,28-. The molecule has 1 heterocycles. The van der Waals surface area contributed by atoms with Gasteiger partial charge in [0.15, 0.2) is 0 Å². The van der Waals surface area contributed by atoms with Crippen molar-refractivity contribution >= 4 is 0 Å². The average Bonchev–Trinajstić information content (AvgIpc) is 2.87. The van der Waals surface area contributed by atoms with Gasteiger partial charge in [0.2, 0.25) is 0 Å². The first-order valence-corrected chi connectivity index (χ1v) is 13.8. The van der Waals surface area contributed by atoms with Crippen molar-refractivity contribution in [2.45, 2.75) is 116 Å². The van der Waals surface area contributed by atoms with Gasteiger partial charge in [-0.05, 0) is 80.5 Å². The summed E-state index contributed by atoms with van der Waals surface area (Å²) in [6.45, 7) is 5.36. The zero-order valence-corrected chi connectivity index (χ0v) is 21.2. The van der Waals surface area contributed by atoms with Crippen LogP contribution in [0.5, 0.6) is 5.75 Å². The summed E-state index contributed by atoms with van der Waals surface area (Å²) < 4.78 is 6.14. The van der Waals surface area contributed by atoms with E-state index in [0.29, 0.717) is 11.8 Å². The van der Waals surface area contributed by atoms with Crippen LogP contribution in [0.1, 0.15) is 120 Å². The molecule has 0 aliphatic heterocycles. The SMILES string of the molecule is CCCCCCCc1ccc(OC[C@H]2CC[C@H](c3ncc(CCCCCC)cn3)CC2)cc1. The van der Waals surface area contributed by atoms with Crippen LogP contribution in [0, 0.1) is 5.92 Å². The fourth-order valence-corrected chi connectivity index (χ4v) is 4.95. The number of nitrogens with zero attached hydrogens (tertiary/aromatic N) is 2. The molecule has 3 rings (SSSR count). The maximum Gasteiger partial charge on any atom is 0.131 e. The smallest absolute Gasteiger partial charge is 0.131 e. The number of unbranched alkanes of at least 4 members (excludes halogenated alkanes) is 7. The monoisotopic (exact) mass is 450 g/mol. The highest BCUT2D eigenvalue weighted by Gasteiger charge is 2.24. The number of aryl methyl sites for hydroxylation is 2. The van der Waals surface area contributed by atoms with Gasteiger partial charge < -0.3 is 4.74 Å². The van der Waals surface area contributed by atoms with Crippen LogP contribution in [0.2, 0.25) is 0 Å². The highest BCUT2D eigenvalue weighted by Crippen LogP contribution is 2.34. The van der Waals surface area contributed by atoms with E-state index in [-0.39, 0.29) is 0 Å². The second-order valence-corrected chi connectivity index (χ2v) is 10.1. The third-order valence-corrected chi connectivity index (χ3v) is 7.23. The Kier molecular flexibility index (Phi) is 11.8. The van der Waals surface area contributed by atoms with Gasteiger partial charge in [-0.1, -0.05) is 70.9 Å². The second kappa shape index (κ2) is 15.1. The van der Waals surface area contributed by atoms with Crippen LogP contribution >= 0.6 is 0 Å². The molecule has 1 aliphatic rings. The molecule has 1 fully saturated rings. The molecular weight excluding hydrogens is 404 g/mol. The van der Waals surface area contributed by atoms with Crippen molar-refractivity contribution in [3.8, 4) is 5.75 Å². The van der Waals surface area contributed by atoms with Crippen LogP contribution in [-0.2, 0) is 12.8 Å². The van der Waals surface area contributed by atoms with Crippen LogP contribution in [0.4, 0.5) is 0 Å². The summed E-state index contributed by atoms with van der Waals surface area (Å²) in [4.78, 5) is 9.44. The lowest BCUT2D eigenvalue weighted by molar-refractivity contribution is 0.198. The summed E-state index contributed by atoms with van der Waals surface area (Å²) in [5.74, 6) is 3.24. The molecule has 1 aliphatic carbocycles. The Morgan fingerprint density at radius 2 is 1.27 bits per heavy atom. The van der Waals surface area contributed by atoms with Gasteiger partial charge in [-0.15, -0.1) is 0 Å². The molecule has 1 saturated carbocycles. The Balaban J connectivity index is 1.32. The maximum atomic E-state index is 6.14. The summed E-state index contributed by atoms with van der Waals surface area (Å²) in [6, 6.07) is 8.81. The predicted octanol–water partition coefficient (Wildman–Crippen LogP) is 8.47. The van der Waals surface area contributed by atoms with Gasteiger partial charge in [0.25, 0.3) is 0 Å². The summed E-state index contributed by atoms with van der Waals surface area (Å²) >= 11 is 0. The molecule has 2 aromatic rings. The zero-order valence-electron chi connectivity index (χ0n) is 21.2. The van der Waals surface area contributed by atoms with Crippen LogP contribution < -0.4 is 4.74 Å². The molecule has 0 radical (unpaired) electrons. The molecule has 0 spiro atoms. The van der Waals surface area contributed by atoms with Gasteiger partial charge in [-0.3, -0.25) is 0 Å². The number of hydrogen-bond acceptors (Lipinski definition) is 3. The molecule has 0 amide bonds. The van der Waals surface area contributed by atoms with Gasteiger partial charge in [0.05, 0.1) is 6.61 Å². The van der Waals surface area contributed by atoms with Crippen molar-refractivity contribution in [3.05, 3.63) is 53.6 Å². The fraction of sp³-hybridized carbons (Fsp3) is 0.667. The van der Waals surface area contributed by atoms with E-state index in [9.17, 15) is 0 Å². The molecule has 0 unspecified atom stereocenters. The summed E-state index contributed by atoms with van der Waals surface area (Å²) in [7, 11) is 0. The predicted molar refractivity (Wildman–Crippen MR) is 139 cm³/mol. The molecule has 182 valence electrons. The molecule has 1 aromatic carbocycles. The number of rotatable bonds is 15. The quantitative estimate of drug-likeness (QED) is 0.255. The van der Waals surface area contributed by atoms with E-state index in [1.807, 2.05) is 0 Å². The Morgan fingerprint density at radius 1 is 0.697 bits per heavy atom. The van der Waals surface area contributed by atoms with Gasteiger partial charge in [0, 0.05) is 18.3 Å². The zero-order chi connectivity index (χ0) is 23.1. The van der Waals surface area contributed by atoms with Gasteiger partial charge >= 0.3 is 0 Å². The average molecular weight is 451 g/mol. The third kappa shape index (κ3) is 9.47. The lowest BCUT2D eigenvalue weighted by atomic mass is 9.82. The van der Waals surface area contributed by atoms with Crippen molar-refractivity contribution in [3.63, 3.8) is 0 Å². The summed E-state index contributed by atoms with van der Waals surface area (Å²) in [5.41, 5.74) is 2.73. The van der Waals surface area contributed by atoms with Crippen molar-refractivity contribution in [1.29, 1.82) is 0 Å². The van der Waals surface area contributed by atoms with E-state index in [0.717, 1.165) is 24.6 Å². The molecule has 3 heteroatoms. The molecule has 3 nitrogen and oxygen atoms in total. The van der Waals surface area contributed by atoms with Crippen molar-refractivity contribution in [1.82, 2.24) is 9.97 Å². The van der Waals surface area contributed by atoms with Gasteiger partial charge in [-0.2, -0.15) is 0 Å². The third-order valence-electron chi connectivity index (χ3n) is 7.23. The first kappa shape index (κ1) is 25.7. The second-order valence-electron chi connectivity index (χ2n) is 10.1.